The zero-order chi connectivity index (χ0) is 18.7. The van der Waals surface area contributed by atoms with Crippen LogP contribution in [0.1, 0.15) is 52.7 Å². The van der Waals surface area contributed by atoms with Crippen LogP contribution in [0, 0.1) is 0 Å². The molecule has 0 heterocycles. The number of phenols is 4. The van der Waals surface area contributed by atoms with Gasteiger partial charge in [-0.1, -0.05) is 53.7 Å². The molecule has 0 fully saturated rings. The largest absolute Gasteiger partial charge is 0.504 e. The fourth-order valence-corrected chi connectivity index (χ4v) is 1.98. The topological polar surface area (TPSA) is 80.9 Å². The van der Waals surface area contributed by atoms with Crippen molar-refractivity contribution in [2.24, 2.45) is 0 Å². The number of aromatic hydroxyl groups is 4. The van der Waals surface area contributed by atoms with Gasteiger partial charge in [0, 0.05) is 24.4 Å². The van der Waals surface area contributed by atoms with Crippen LogP contribution >= 0.6 is 0 Å². The summed E-state index contributed by atoms with van der Waals surface area (Å²) in [4.78, 5) is 0. The number of hydrogen-bond donors (Lipinski definition) is 4. The predicted molar refractivity (Wildman–Crippen MR) is 103 cm³/mol. The molecule has 2 rings (SSSR count). The molecule has 0 amide bonds. The Labute approximate surface area is 167 Å². The van der Waals surface area contributed by atoms with Crippen LogP contribution in [0.15, 0.2) is 36.4 Å². The maximum atomic E-state index is 9.21. The first-order valence-electron chi connectivity index (χ1n) is 7.87. The van der Waals surface area contributed by atoms with Crippen LogP contribution in [0.2, 0.25) is 0 Å². The van der Waals surface area contributed by atoms with Crippen LogP contribution in [0.4, 0.5) is 0 Å². The van der Waals surface area contributed by atoms with E-state index < -0.39 is 0 Å². The van der Waals surface area contributed by atoms with E-state index >= 15 is 0 Å². The van der Waals surface area contributed by atoms with Gasteiger partial charge in [-0.05, 0) is 46.2 Å². The maximum absolute atomic E-state index is 9.21. The molecule has 0 aromatic heterocycles. The second-order valence-electron chi connectivity index (χ2n) is 7.91. The van der Waals surface area contributed by atoms with Crippen molar-refractivity contribution < 1.29 is 20.4 Å². The molecule has 2 aromatic rings. The van der Waals surface area contributed by atoms with E-state index in [1.54, 1.807) is 12.1 Å². The summed E-state index contributed by atoms with van der Waals surface area (Å²) in [5.41, 5.74) is 2.03. The Morgan fingerprint density at radius 2 is 0.800 bits per heavy atom. The van der Waals surface area contributed by atoms with Gasteiger partial charge in [0.05, 0.1) is 0 Å². The second kappa shape index (κ2) is 8.71. The van der Waals surface area contributed by atoms with Crippen molar-refractivity contribution in [3.8, 4) is 23.0 Å². The van der Waals surface area contributed by atoms with Crippen molar-refractivity contribution in [1.29, 1.82) is 0 Å². The summed E-state index contributed by atoms with van der Waals surface area (Å²) < 4.78 is 0. The van der Waals surface area contributed by atoms with Gasteiger partial charge in [-0.15, -0.1) is 0 Å². The summed E-state index contributed by atoms with van der Waals surface area (Å²) in [5.74, 6) is -0.240. The molecule has 0 saturated heterocycles. The molecule has 0 bridgehead atoms. The SMILES string of the molecule is CC(C)(C)c1ccc(O)c(O)c1.CC(C)(C)c1ccc(O)c(O)c1.[Sb]. The zero-order valence-electron chi connectivity index (χ0n) is 15.7. The molecule has 137 valence electrons. The van der Waals surface area contributed by atoms with Crippen molar-refractivity contribution in [3.63, 3.8) is 0 Å². The number of rotatable bonds is 0. The molecule has 5 heteroatoms. The van der Waals surface area contributed by atoms with Gasteiger partial charge >= 0.3 is 0 Å². The van der Waals surface area contributed by atoms with E-state index in [4.69, 9.17) is 10.2 Å². The second-order valence-corrected chi connectivity index (χ2v) is 7.91. The van der Waals surface area contributed by atoms with E-state index in [1.165, 1.54) is 12.1 Å². The van der Waals surface area contributed by atoms with E-state index in [1.807, 2.05) is 12.1 Å². The third kappa shape index (κ3) is 7.07. The molecule has 0 unspecified atom stereocenters. The van der Waals surface area contributed by atoms with Gasteiger partial charge in [-0.25, -0.2) is 0 Å². The molecule has 0 aliphatic carbocycles. The van der Waals surface area contributed by atoms with Gasteiger partial charge in [-0.2, -0.15) is 0 Å². The van der Waals surface area contributed by atoms with Gasteiger partial charge < -0.3 is 20.4 Å². The zero-order valence-corrected chi connectivity index (χ0v) is 18.3. The van der Waals surface area contributed by atoms with Crippen molar-refractivity contribution in [2.45, 2.75) is 52.4 Å². The Hall–Kier alpha value is -1.54. The molecule has 0 aliphatic heterocycles. The van der Waals surface area contributed by atoms with Crippen LogP contribution in [-0.4, -0.2) is 44.9 Å². The van der Waals surface area contributed by atoms with Crippen LogP contribution in [0.25, 0.3) is 0 Å². The molecule has 4 nitrogen and oxygen atoms in total. The summed E-state index contributed by atoms with van der Waals surface area (Å²) >= 11 is 0. The van der Waals surface area contributed by atoms with Crippen molar-refractivity contribution in [3.05, 3.63) is 47.5 Å². The first-order valence-corrected chi connectivity index (χ1v) is 7.87. The molecule has 2 aromatic carbocycles. The summed E-state index contributed by atoms with van der Waals surface area (Å²) in [6.45, 7) is 12.3. The normalized spacial score (nSPS) is 11.1. The van der Waals surface area contributed by atoms with Gasteiger partial charge in [0.1, 0.15) is 0 Å². The number of benzene rings is 2. The van der Waals surface area contributed by atoms with Gasteiger partial charge in [0.25, 0.3) is 0 Å². The van der Waals surface area contributed by atoms with Gasteiger partial charge in [-0.3, -0.25) is 0 Å². The molecule has 4 N–H and O–H groups in total. The van der Waals surface area contributed by atoms with E-state index in [9.17, 15) is 10.2 Å². The molecule has 0 aliphatic rings. The first kappa shape index (κ1) is 23.5. The minimum Gasteiger partial charge on any atom is -0.504 e. The molecule has 3 radical (unpaired) electrons. The van der Waals surface area contributed by atoms with E-state index in [-0.39, 0.29) is 58.3 Å². The van der Waals surface area contributed by atoms with E-state index in [2.05, 4.69) is 41.5 Å². The molecule has 0 spiro atoms. The summed E-state index contributed by atoms with van der Waals surface area (Å²) in [7, 11) is 0. The minimum atomic E-state index is -0.0667. The van der Waals surface area contributed by atoms with Gasteiger partial charge in [0.2, 0.25) is 0 Å². The summed E-state index contributed by atoms with van der Waals surface area (Å²) in [6.07, 6.45) is 0. The number of phenolic OH excluding ortho intramolecular Hbond substituents is 4. The van der Waals surface area contributed by atoms with Crippen LogP contribution < -0.4 is 0 Å². The third-order valence-electron chi connectivity index (χ3n) is 3.68. The monoisotopic (exact) mass is 453 g/mol. The van der Waals surface area contributed by atoms with E-state index in [0.717, 1.165) is 11.1 Å². The van der Waals surface area contributed by atoms with Crippen molar-refractivity contribution in [1.82, 2.24) is 0 Å². The quantitative estimate of drug-likeness (QED) is 0.351. The summed E-state index contributed by atoms with van der Waals surface area (Å²) in [5, 5.41) is 36.5. The Morgan fingerprint density at radius 3 is 1.00 bits per heavy atom. The Bertz CT molecular complexity index is 636. The fraction of sp³-hybridized carbons (Fsp3) is 0.400. The van der Waals surface area contributed by atoms with Crippen molar-refractivity contribution in [2.75, 3.05) is 0 Å². The molecular formula is C20H28O4Sb. The number of hydrogen-bond acceptors (Lipinski definition) is 4. The third-order valence-corrected chi connectivity index (χ3v) is 3.68. The Morgan fingerprint density at radius 1 is 0.520 bits per heavy atom. The molecular weight excluding hydrogens is 426 g/mol. The maximum Gasteiger partial charge on any atom is 0.157 e. The smallest absolute Gasteiger partial charge is 0.157 e. The van der Waals surface area contributed by atoms with Gasteiger partial charge in [0.15, 0.2) is 23.0 Å². The minimum absolute atomic E-state index is 0. The van der Waals surface area contributed by atoms with Crippen LogP contribution in [0.3, 0.4) is 0 Å². The molecule has 0 atom stereocenters. The van der Waals surface area contributed by atoms with E-state index in [0.29, 0.717) is 0 Å². The standard InChI is InChI=1S/2C10H14O2.Sb/c2*1-10(2,3)7-4-5-8(11)9(12)6-7;/h2*4-6,11-12H,1-3H3;. The first-order chi connectivity index (χ1) is 10.8. The average molecular weight is 454 g/mol. The van der Waals surface area contributed by atoms with Crippen LogP contribution in [0.5, 0.6) is 23.0 Å². The molecule has 0 saturated carbocycles. The van der Waals surface area contributed by atoms with Crippen molar-refractivity contribution >= 4 is 24.4 Å². The average Bonchev–Trinajstić information content (AvgIpc) is 2.43. The Kier molecular flexibility index (Phi) is 8.17. The Balaban J connectivity index is 0.000000443. The summed E-state index contributed by atoms with van der Waals surface area (Å²) in [6, 6.07) is 9.83. The van der Waals surface area contributed by atoms with Crippen LogP contribution in [-0.2, 0) is 10.8 Å². The fourth-order valence-electron chi connectivity index (χ4n) is 1.98. The molecule has 25 heavy (non-hydrogen) atoms. The predicted octanol–water partition coefficient (Wildman–Crippen LogP) is 4.41.